The lowest BCUT2D eigenvalue weighted by atomic mass is 10.1. The summed E-state index contributed by atoms with van der Waals surface area (Å²) in [6, 6.07) is 0. The van der Waals surface area contributed by atoms with Crippen LogP contribution in [0.2, 0.25) is 0 Å². The maximum Gasteiger partial charge on any atom is 0.0962 e. The molecule has 1 aromatic rings. The molecule has 0 aromatic carbocycles. The van der Waals surface area contributed by atoms with Gasteiger partial charge in [-0.3, -0.25) is 0 Å². The molecule has 90 valence electrons. The lowest BCUT2D eigenvalue weighted by Crippen LogP contribution is -2.32. The van der Waals surface area contributed by atoms with Crippen LogP contribution in [0.15, 0.2) is 6.20 Å². The summed E-state index contributed by atoms with van der Waals surface area (Å²) >= 11 is 0. The number of H-pyrrole nitrogens is 1. The van der Waals surface area contributed by atoms with E-state index in [0.29, 0.717) is 0 Å². The van der Waals surface area contributed by atoms with Crippen LogP contribution in [-0.2, 0) is 6.54 Å². The highest BCUT2D eigenvalue weighted by Gasteiger charge is 2.08. The summed E-state index contributed by atoms with van der Waals surface area (Å²) in [6.07, 6.45) is 7.16. The van der Waals surface area contributed by atoms with Gasteiger partial charge in [0.1, 0.15) is 0 Å². The molecule has 1 saturated heterocycles. The predicted molar refractivity (Wildman–Crippen MR) is 63.0 cm³/mol. The summed E-state index contributed by atoms with van der Waals surface area (Å²) in [5.41, 5.74) is 0.984. The summed E-state index contributed by atoms with van der Waals surface area (Å²) in [4.78, 5) is 2.57. The third-order valence-electron chi connectivity index (χ3n) is 3.05. The van der Waals surface area contributed by atoms with Crippen molar-refractivity contribution in [3.05, 3.63) is 11.9 Å². The predicted octanol–water partition coefficient (Wildman–Crippen LogP) is 0.770. The SMILES string of the molecule is c1n[nH]nc1CNCCCN1CCCCC1. The average Bonchev–Trinajstić information content (AvgIpc) is 2.83. The van der Waals surface area contributed by atoms with Crippen molar-refractivity contribution < 1.29 is 0 Å². The van der Waals surface area contributed by atoms with E-state index in [1.165, 1.54) is 45.3 Å². The van der Waals surface area contributed by atoms with Gasteiger partial charge in [-0.05, 0) is 45.4 Å². The van der Waals surface area contributed by atoms with Crippen molar-refractivity contribution in [2.45, 2.75) is 32.2 Å². The Morgan fingerprint density at radius 2 is 2.19 bits per heavy atom. The lowest BCUT2D eigenvalue weighted by Gasteiger charge is -2.26. The van der Waals surface area contributed by atoms with Gasteiger partial charge in [0.2, 0.25) is 0 Å². The molecule has 2 N–H and O–H groups in total. The molecule has 0 atom stereocenters. The fourth-order valence-corrected chi connectivity index (χ4v) is 2.14. The number of piperidine rings is 1. The molecule has 0 saturated carbocycles. The largest absolute Gasteiger partial charge is 0.311 e. The molecule has 5 heteroatoms. The Hall–Kier alpha value is -0.940. The van der Waals surface area contributed by atoms with Gasteiger partial charge in [-0.2, -0.15) is 15.4 Å². The third kappa shape index (κ3) is 3.90. The molecule has 1 aliphatic rings. The molecule has 2 rings (SSSR count). The summed E-state index contributed by atoms with van der Waals surface area (Å²) in [6.45, 7) is 5.69. The minimum Gasteiger partial charge on any atom is -0.311 e. The first-order chi connectivity index (χ1) is 7.95. The Morgan fingerprint density at radius 1 is 1.31 bits per heavy atom. The number of nitrogens with zero attached hydrogens (tertiary/aromatic N) is 3. The Morgan fingerprint density at radius 3 is 2.94 bits per heavy atom. The number of aromatic nitrogens is 3. The van der Waals surface area contributed by atoms with Gasteiger partial charge < -0.3 is 10.2 Å². The van der Waals surface area contributed by atoms with Gasteiger partial charge >= 0.3 is 0 Å². The number of aromatic amines is 1. The van der Waals surface area contributed by atoms with Crippen LogP contribution in [0, 0.1) is 0 Å². The van der Waals surface area contributed by atoms with Gasteiger partial charge in [0, 0.05) is 6.54 Å². The first-order valence-electron chi connectivity index (χ1n) is 6.23. The number of hydrogen-bond acceptors (Lipinski definition) is 4. The van der Waals surface area contributed by atoms with E-state index in [1.54, 1.807) is 6.20 Å². The second kappa shape index (κ2) is 6.60. The maximum absolute atomic E-state index is 3.99. The van der Waals surface area contributed by atoms with E-state index >= 15 is 0 Å². The van der Waals surface area contributed by atoms with Crippen LogP contribution in [0.5, 0.6) is 0 Å². The van der Waals surface area contributed by atoms with Crippen LogP contribution in [0.25, 0.3) is 0 Å². The number of rotatable bonds is 6. The van der Waals surface area contributed by atoms with Crippen LogP contribution in [0.3, 0.4) is 0 Å². The van der Waals surface area contributed by atoms with Crippen LogP contribution in [0.1, 0.15) is 31.4 Å². The minimum atomic E-state index is 0.816. The van der Waals surface area contributed by atoms with E-state index in [9.17, 15) is 0 Å². The quantitative estimate of drug-likeness (QED) is 0.699. The van der Waals surface area contributed by atoms with Crippen molar-refractivity contribution in [3.63, 3.8) is 0 Å². The second-order valence-corrected chi connectivity index (χ2v) is 4.39. The van der Waals surface area contributed by atoms with Gasteiger partial charge in [0.25, 0.3) is 0 Å². The van der Waals surface area contributed by atoms with Gasteiger partial charge in [-0.1, -0.05) is 6.42 Å². The second-order valence-electron chi connectivity index (χ2n) is 4.39. The molecule has 1 aromatic heterocycles. The molecule has 5 nitrogen and oxygen atoms in total. The Bertz CT molecular complexity index is 266. The molecule has 0 spiro atoms. The zero-order valence-corrected chi connectivity index (χ0v) is 9.78. The third-order valence-corrected chi connectivity index (χ3v) is 3.05. The van der Waals surface area contributed by atoms with Crippen molar-refractivity contribution in [2.75, 3.05) is 26.2 Å². The number of likely N-dealkylation sites (tertiary alicyclic amines) is 1. The molecule has 2 heterocycles. The van der Waals surface area contributed by atoms with Crippen LogP contribution in [-0.4, -0.2) is 46.5 Å². The lowest BCUT2D eigenvalue weighted by molar-refractivity contribution is 0.225. The number of nitrogens with one attached hydrogen (secondary N) is 2. The van der Waals surface area contributed by atoms with Gasteiger partial charge in [0.15, 0.2) is 0 Å². The molecule has 0 bridgehead atoms. The summed E-state index contributed by atoms with van der Waals surface area (Å²) in [7, 11) is 0. The number of hydrogen-bond donors (Lipinski definition) is 2. The highest BCUT2D eigenvalue weighted by Crippen LogP contribution is 2.08. The normalized spacial score (nSPS) is 17.8. The Balaban J connectivity index is 1.48. The van der Waals surface area contributed by atoms with Gasteiger partial charge in [0.05, 0.1) is 11.9 Å². The summed E-state index contributed by atoms with van der Waals surface area (Å²) in [5, 5.41) is 13.8. The summed E-state index contributed by atoms with van der Waals surface area (Å²) < 4.78 is 0. The Kier molecular flexibility index (Phi) is 4.76. The van der Waals surface area contributed by atoms with E-state index in [4.69, 9.17) is 0 Å². The van der Waals surface area contributed by atoms with Crippen molar-refractivity contribution in [1.29, 1.82) is 0 Å². The molecule has 1 fully saturated rings. The molecule has 0 unspecified atom stereocenters. The van der Waals surface area contributed by atoms with Crippen molar-refractivity contribution in [2.24, 2.45) is 0 Å². The van der Waals surface area contributed by atoms with E-state index < -0.39 is 0 Å². The van der Waals surface area contributed by atoms with Crippen molar-refractivity contribution >= 4 is 0 Å². The fraction of sp³-hybridized carbons (Fsp3) is 0.818. The van der Waals surface area contributed by atoms with Gasteiger partial charge in [-0.15, -0.1) is 0 Å². The molecule has 0 radical (unpaired) electrons. The molecular formula is C11H21N5. The summed E-state index contributed by atoms with van der Waals surface area (Å²) in [5.74, 6) is 0. The van der Waals surface area contributed by atoms with E-state index in [2.05, 4.69) is 25.6 Å². The van der Waals surface area contributed by atoms with Gasteiger partial charge in [-0.25, -0.2) is 0 Å². The molecule has 0 aliphatic carbocycles. The van der Waals surface area contributed by atoms with E-state index in [1.807, 2.05) is 0 Å². The average molecular weight is 223 g/mol. The first kappa shape index (κ1) is 11.5. The van der Waals surface area contributed by atoms with E-state index in [0.717, 1.165) is 18.8 Å². The Labute approximate surface area is 96.6 Å². The smallest absolute Gasteiger partial charge is 0.0962 e. The maximum atomic E-state index is 3.99. The molecule has 0 amide bonds. The van der Waals surface area contributed by atoms with Crippen LogP contribution >= 0.6 is 0 Å². The monoisotopic (exact) mass is 223 g/mol. The zero-order chi connectivity index (χ0) is 11.1. The fourth-order valence-electron chi connectivity index (χ4n) is 2.14. The van der Waals surface area contributed by atoms with Crippen molar-refractivity contribution in [3.8, 4) is 0 Å². The molecule has 1 aliphatic heterocycles. The molecule has 16 heavy (non-hydrogen) atoms. The van der Waals surface area contributed by atoms with Crippen molar-refractivity contribution in [1.82, 2.24) is 25.6 Å². The minimum absolute atomic E-state index is 0.816. The molecular weight excluding hydrogens is 202 g/mol. The standard InChI is InChI=1S/C11H21N5/c1-2-6-16(7-3-1)8-4-5-12-9-11-10-13-15-14-11/h10,12H,1-9H2,(H,13,14,15). The first-order valence-corrected chi connectivity index (χ1v) is 6.23. The zero-order valence-electron chi connectivity index (χ0n) is 9.78. The van der Waals surface area contributed by atoms with Crippen LogP contribution in [0.4, 0.5) is 0 Å². The van der Waals surface area contributed by atoms with E-state index in [-0.39, 0.29) is 0 Å². The highest BCUT2D eigenvalue weighted by atomic mass is 15.3. The van der Waals surface area contributed by atoms with Crippen LogP contribution < -0.4 is 5.32 Å². The topological polar surface area (TPSA) is 56.8 Å². The highest BCUT2D eigenvalue weighted by molar-refractivity contribution is 4.88.